The van der Waals surface area contributed by atoms with Crippen LogP contribution in [0.4, 0.5) is 11.4 Å². The zero-order chi connectivity index (χ0) is 17.4. The van der Waals surface area contributed by atoms with Crippen LogP contribution in [0.1, 0.15) is 33.6 Å². The number of carbonyl (C=O) groups excluding carboxylic acids is 3. The van der Waals surface area contributed by atoms with Gasteiger partial charge in [0.15, 0.2) is 0 Å². The number of aromatic nitrogens is 1. The number of amides is 3. The van der Waals surface area contributed by atoms with Crippen molar-refractivity contribution in [3.8, 4) is 0 Å². The lowest BCUT2D eigenvalue weighted by Gasteiger charge is -2.20. The summed E-state index contributed by atoms with van der Waals surface area (Å²) in [4.78, 5) is 42.8. The molecule has 2 aromatic rings. The summed E-state index contributed by atoms with van der Waals surface area (Å²) in [5, 5.41) is 5.58. The molecular formula is C18H16N4O3. The average molecular weight is 336 g/mol. The summed E-state index contributed by atoms with van der Waals surface area (Å²) in [6.45, 7) is 0.573. The van der Waals surface area contributed by atoms with Crippen molar-refractivity contribution in [3.63, 3.8) is 0 Å². The molecule has 3 heterocycles. The van der Waals surface area contributed by atoms with E-state index in [1.807, 2.05) is 0 Å². The molecule has 0 unspecified atom stereocenters. The molecule has 2 N–H and O–H groups in total. The minimum atomic E-state index is -0.408. The van der Waals surface area contributed by atoms with Crippen molar-refractivity contribution in [2.75, 3.05) is 17.2 Å². The minimum Gasteiger partial charge on any atom is -0.327 e. The summed E-state index contributed by atoms with van der Waals surface area (Å²) in [6.07, 6.45) is 4.58. The van der Waals surface area contributed by atoms with E-state index in [4.69, 9.17) is 0 Å². The van der Waals surface area contributed by atoms with Gasteiger partial charge in [-0.15, -0.1) is 0 Å². The van der Waals surface area contributed by atoms with E-state index >= 15 is 0 Å². The number of pyridine rings is 1. The molecule has 4 rings (SSSR count). The fourth-order valence-corrected chi connectivity index (χ4v) is 3.27. The second kappa shape index (κ2) is 6.01. The normalized spacial score (nSPS) is 18.9. The molecule has 0 bridgehead atoms. The summed E-state index contributed by atoms with van der Waals surface area (Å²) in [5.74, 6) is -0.625. The van der Waals surface area contributed by atoms with Gasteiger partial charge in [-0.1, -0.05) is 0 Å². The molecule has 0 radical (unpaired) electrons. The molecule has 7 heteroatoms. The number of fused-ring (bicyclic) bond motifs is 2. The topological polar surface area (TPSA) is 91.4 Å². The largest absolute Gasteiger partial charge is 0.327 e. The maximum Gasteiger partial charge on any atom is 0.256 e. The van der Waals surface area contributed by atoms with Gasteiger partial charge in [-0.05, 0) is 43.2 Å². The molecule has 25 heavy (non-hydrogen) atoms. The second-order valence-electron chi connectivity index (χ2n) is 6.10. The number of nitrogens with one attached hydrogen (secondary N) is 2. The molecule has 2 aliphatic rings. The van der Waals surface area contributed by atoms with Gasteiger partial charge in [0.1, 0.15) is 6.04 Å². The molecule has 2 aliphatic heterocycles. The average Bonchev–Trinajstić information content (AvgIpc) is 3.09. The SMILES string of the molecule is O=C(Nc1ccc2c(c1)C(=O)N1CCC[C@H]1C(=O)N2)c1ccncc1. The van der Waals surface area contributed by atoms with Gasteiger partial charge < -0.3 is 15.5 Å². The first kappa shape index (κ1) is 15.3. The molecule has 0 aliphatic carbocycles. The van der Waals surface area contributed by atoms with E-state index in [-0.39, 0.29) is 17.7 Å². The predicted octanol–water partition coefficient (Wildman–Crippen LogP) is 1.89. The van der Waals surface area contributed by atoms with E-state index in [0.717, 1.165) is 6.42 Å². The molecule has 1 saturated heterocycles. The summed E-state index contributed by atoms with van der Waals surface area (Å²) in [6, 6.07) is 7.74. The Bertz CT molecular complexity index is 866. The van der Waals surface area contributed by atoms with Crippen LogP contribution in [0.25, 0.3) is 0 Å². The number of nitrogens with zero attached hydrogens (tertiary/aromatic N) is 2. The molecule has 1 atom stereocenters. The van der Waals surface area contributed by atoms with Crippen molar-refractivity contribution >= 4 is 29.1 Å². The van der Waals surface area contributed by atoms with Crippen molar-refractivity contribution in [1.29, 1.82) is 0 Å². The quantitative estimate of drug-likeness (QED) is 0.876. The van der Waals surface area contributed by atoms with Crippen LogP contribution in [0, 0.1) is 0 Å². The van der Waals surface area contributed by atoms with E-state index in [1.54, 1.807) is 47.6 Å². The maximum absolute atomic E-state index is 12.8. The van der Waals surface area contributed by atoms with Crippen LogP contribution in [0.5, 0.6) is 0 Å². The Labute approximate surface area is 144 Å². The summed E-state index contributed by atoms with van der Waals surface area (Å²) in [5.41, 5.74) is 1.85. The Morgan fingerprint density at radius 2 is 2.00 bits per heavy atom. The third-order valence-electron chi connectivity index (χ3n) is 4.52. The molecule has 1 aromatic carbocycles. The third kappa shape index (κ3) is 2.73. The van der Waals surface area contributed by atoms with Gasteiger partial charge in [0.25, 0.3) is 11.8 Å². The van der Waals surface area contributed by atoms with Gasteiger partial charge >= 0.3 is 0 Å². The van der Waals surface area contributed by atoms with E-state index in [9.17, 15) is 14.4 Å². The highest BCUT2D eigenvalue weighted by molar-refractivity contribution is 6.11. The number of benzene rings is 1. The molecule has 0 saturated carbocycles. The summed E-state index contributed by atoms with van der Waals surface area (Å²) in [7, 11) is 0. The fraction of sp³-hybridized carbons (Fsp3) is 0.222. The van der Waals surface area contributed by atoms with Crippen LogP contribution >= 0.6 is 0 Å². The van der Waals surface area contributed by atoms with Gasteiger partial charge in [-0.2, -0.15) is 0 Å². The molecule has 0 spiro atoms. The molecule has 7 nitrogen and oxygen atoms in total. The van der Waals surface area contributed by atoms with Gasteiger partial charge in [0, 0.05) is 30.2 Å². The first-order valence-corrected chi connectivity index (χ1v) is 8.11. The lowest BCUT2D eigenvalue weighted by Crippen LogP contribution is -2.40. The second-order valence-corrected chi connectivity index (χ2v) is 6.10. The molecule has 1 aromatic heterocycles. The Balaban J connectivity index is 1.64. The van der Waals surface area contributed by atoms with E-state index in [2.05, 4.69) is 15.6 Å². The lowest BCUT2D eigenvalue weighted by atomic mass is 10.1. The van der Waals surface area contributed by atoms with Gasteiger partial charge in [-0.25, -0.2) is 0 Å². The zero-order valence-corrected chi connectivity index (χ0v) is 13.4. The van der Waals surface area contributed by atoms with Gasteiger partial charge in [0.05, 0.1) is 11.3 Å². The maximum atomic E-state index is 12.8. The highest BCUT2D eigenvalue weighted by atomic mass is 16.2. The fourth-order valence-electron chi connectivity index (χ4n) is 3.27. The molecule has 1 fully saturated rings. The lowest BCUT2D eigenvalue weighted by molar-refractivity contribution is -0.119. The minimum absolute atomic E-state index is 0.154. The number of hydrogen-bond acceptors (Lipinski definition) is 4. The van der Waals surface area contributed by atoms with Crippen LogP contribution in [0.2, 0.25) is 0 Å². The molecule has 3 amide bonds. The molecular weight excluding hydrogens is 320 g/mol. The Morgan fingerprint density at radius 1 is 1.20 bits per heavy atom. The van der Waals surface area contributed by atoms with Crippen molar-refractivity contribution in [2.24, 2.45) is 0 Å². The monoisotopic (exact) mass is 336 g/mol. The van der Waals surface area contributed by atoms with Crippen LogP contribution in [-0.2, 0) is 4.79 Å². The zero-order valence-electron chi connectivity index (χ0n) is 13.4. The van der Waals surface area contributed by atoms with Gasteiger partial charge in [-0.3, -0.25) is 19.4 Å². The highest BCUT2D eigenvalue weighted by Crippen LogP contribution is 2.30. The van der Waals surface area contributed by atoms with Crippen molar-refractivity contribution in [1.82, 2.24) is 9.88 Å². The predicted molar refractivity (Wildman–Crippen MR) is 91.3 cm³/mol. The number of hydrogen-bond donors (Lipinski definition) is 2. The number of carbonyl (C=O) groups is 3. The Kier molecular flexibility index (Phi) is 3.68. The summed E-state index contributed by atoms with van der Waals surface area (Å²) < 4.78 is 0. The van der Waals surface area contributed by atoms with Crippen LogP contribution < -0.4 is 10.6 Å². The van der Waals surface area contributed by atoms with Crippen molar-refractivity contribution in [3.05, 3.63) is 53.9 Å². The Morgan fingerprint density at radius 3 is 2.80 bits per heavy atom. The van der Waals surface area contributed by atoms with Crippen molar-refractivity contribution < 1.29 is 14.4 Å². The number of rotatable bonds is 2. The van der Waals surface area contributed by atoms with Crippen LogP contribution in [0.3, 0.4) is 0 Å². The first-order valence-electron chi connectivity index (χ1n) is 8.11. The standard InChI is InChI=1S/C18H16N4O3/c23-16(11-5-7-19-8-6-11)20-12-3-4-14-13(10-12)18(25)22-9-1-2-15(22)17(24)21-14/h3-8,10,15H,1-2,9H2,(H,20,23)(H,21,24)/t15-/m0/s1. The molecule has 126 valence electrons. The van der Waals surface area contributed by atoms with E-state index in [0.29, 0.717) is 35.5 Å². The first-order chi connectivity index (χ1) is 12.1. The summed E-state index contributed by atoms with van der Waals surface area (Å²) >= 11 is 0. The van der Waals surface area contributed by atoms with Crippen LogP contribution in [-0.4, -0.2) is 40.2 Å². The number of anilines is 2. The van der Waals surface area contributed by atoms with E-state index < -0.39 is 6.04 Å². The van der Waals surface area contributed by atoms with E-state index in [1.165, 1.54) is 0 Å². The smallest absolute Gasteiger partial charge is 0.256 e. The third-order valence-corrected chi connectivity index (χ3v) is 4.52. The van der Waals surface area contributed by atoms with Gasteiger partial charge in [0.2, 0.25) is 5.91 Å². The van der Waals surface area contributed by atoms with Crippen molar-refractivity contribution in [2.45, 2.75) is 18.9 Å². The highest BCUT2D eigenvalue weighted by Gasteiger charge is 2.38. The van der Waals surface area contributed by atoms with Crippen LogP contribution in [0.15, 0.2) is 42.7 Å². The Hall–Kier alpha value is -3.22.